The predicted octanol–water partition coefficient (Wildman–Crippen LogP) is 2.01. The summed E-state index contributed by atoms with van der Waals surface area (Å²) < 4.78 is 0. The Morgan fingerprint density at radius 1 is 1.55 bits per heavy atom. The Morgan fingerprint density at radius 2 is 2.27 bits per heavy atom. The lowest BCUT2D eigenvalue weighted by molar-refractivity contribution is 0.101. The van der Waals surface area contributed by atoms with Crippen molar-refractivity contribution in [2.24, 2.45) is 0 Å². The topological polar surface area (TPSA) is 30.0 Å². The summed E-state index contributed by atoms with van der Waals surface area (Å²) >= 11 is 1.62. The zero-order valence-corrected chi connectivity index (χ0v) is 7.31. The van der Waals surface area contributed by atoms with Crippen LogP contribution in [0.1, 0.15) is 17.4 Å². The lowest BCUT2D eigenvalue weighted by Crippen LogP contribution is -1.94. The second-order valence-electron chi connectivity index (χ2n) is 2.14. The van der Waals surface area contributed by atoms with E-state index in [4.69, 9.17) is 0 Å². The van der Waals surface area contributed by atoms with E-state index in [1.807, 2.05) is 12.3 Å². The van der Waals surface area contributed by atoms with Gasteiger partial charge >= 0.3 is 0 Å². The quantitative estimate of drug-likeness (QED) is 0.498. The molecule has 0 N–H and O–H groups in total. The van der Waals surface area contributed by atoms with E-state index >= 15 is 0 Å². The molecule has 1 aromatic heterocycles. The van der Waals surface area contributed by atoms with E-state index in [1.54, 1.807) is 24.0 Å². The molecule has 0 aliphatic rings. The van der Waals surface area contributed by atoms with Gasteiger partial charge in [0.15, 0.2) is 5.78 Å². The molecule has 1 aromatic rings. The second kappa shape index (κ2) is 3.53. The molecule has 0 spiro atoms. The summed E-state index contributed by atoms with van der Waals surface area (Å²) in [7, 11) is 0. The Hall–Kier alpha value is -0.830. The molecule has 11 heavy (non-hydrogen) atoms. The van der Waals surface area contributed by atoms with Crippen LogP contribution in [0.15, 0.2) is 23.2 Å². The van der Waals surface area contributed by atoms with Crippen molar-refractivity contribution in [3.63, 3.8) is 0 Å². The summed E-state index contributed by atoms with van der Waals surface area (Å²) in [5.74, 6) is 0.0117. The first-order valence-corrected chi connectivity index (χ1v) is 4.47. The first-order valence-electron chi connectivity index (χ1n) is 3.25. The van der Waals surface area contributed by atoms with Crippen LogP contribution in [0.4, 0.5) is 0 Å². The molecule has 0 aliphatic heterocycles. The summed E-state index contributed by atoms with van der Waals surface area (Å²) in [6.45, 7) is 1.51. The Morgan fingerprint density at radius 3 is 2.64 bits per heavy atom. The number of pyridine rings is 1. The second-order valence-corrected chi connectivity index (χ2v) is 3.02. The van der Waals surface area contributed by atoms with E-state index in [2.05, 4.69) is 4.98 Å². The molecule has 2 nitrogen and oxygen atoms in total. The van der Waals surface area contributed by atoms with Crippen molar-refractivity contribution in [1.82, 2.24) is 4.98 Å². The van der Waals surface area contributed by atoms with Crippen LogP contribution < -0.4 is 0 Å². The fourth-order valence-corrected chi connectivity index (χ4v) is 1.07. The summed E-state index contributed by atoms with van der Waals surface area (Å²) in [5, 5.41) is 0. The summed E-state index contributed by atoms with van der Waals surface area (Å²) in [6.07, 6.45) is 3.69. The molecule has 58 valence electrons. The van der Waals surface area contributed by atoms with Gasteiger partial charge in [0.2, 0.25) is 0 Å². The van der Waals surface area contributed by atoms with Crippen molar-refractivity contribution in [2.75, 3.05) is 6.26 Å². The van der Waals surface area contributed by atoms with Crippen molar-refractivity contribution in [2.45, 2.75) is 11.8 Å². The number of ketones is 1. The van der Waals surface area contributed by atoms with Gasteiger partial charge < -0.3 is 0 Å². The molecule has 0 radical (unpaired) electrons. The van der Waals surface area contributed by atoms with Gasteiger partial charge in [-0.05, 0) is 18.4 Å². The maximum absolute atomic E-state index is 10.8. The molecule has 3 heteroatoms. The molecule has 0 saturated carbocycles. The number of hydrogen-bond acceptors (Lipinski definition) is 3. The lowest BCUT2D eigenvalue weighted by Gasteiger charge is -1.95. The fourth-order valence-electron chi connectivity index (χ4n) is 0.709. The first kappa shape index (κ1) is 8.27. The van der Waals surface area contributed by atoms with Crippen LogP contribution in [0, 0.1) is 0 Å². The molecule has 0 unspecified atom stereocenters. The highest BCUT2D eigenvalue weighted by atomic mass is 32.2. The third-order valence-electron chi connectivity index (χ3n) is 1.33. The van der Waals surface area contributed by atoms with Gasteiger partial charge in [0.25, 0.3) is 0 Å². The zero-order valence-electron chi connectivity index (χ0n) is 6.50. The number of carbonyl (C=O) groups excluding carboxylic acids is 1. The Bertz CT molecular complexity index is 255. The standard InChI is InChI=1S/C8H9NOS/c1-6(10)8-4-3-7(11-2)5-9-8/h3-5H,1-2H3. The van der Waals surface area contributed by atoms with Crippen LogP contribution >= 0.6 is 11.8 Å². The van der Waals surface area contributed by atoms with E-state index in [1.165, 1.54) is 6.92 Å². The normalized spacial score (nSPS) is 9.64. The summed E-state index contributed by atoms with van der Waals surface area (Å²) in [4.78, 5) is 15.8. The maximum Gasteiger partial charge on any atom is 0.178 e. The summed E-state index contributed by atoms with van der Waals surface area (Å²) in [6, 6.07) is 3.64. The van der Waals surface area contributed by atoms with E-state index in [-0.39, 0.29) is 5.78 Å². The first-order chi connectivity index (χ1) is 5.24. The number of Topliss-reactive ketones (excluding diaryl/α,β-unsaturated/α-hetero) is 1. The van der Waals surface area contributed by atoms with E-state index in [0.29, 0.717) is 5.69 Å². The molecule has 0 saturated heterocycles. The van der Waals surface area contributed by atoms with Crippen molar-refractivity contribution in [3.05, 3.63) is 24.0 Å². The van der Waals surface area contributed by atoms with E-state index < -0.39 is 0 Å². The highest BCUT2D eigenvalue weighted by Crippen LogP contribution is 2.12. The van der Waals surface area contributed by atoms with Crippen molar-refractivity contribution in [3.8, 4) is 0 Å². The highest BCUT2D eigenvalue weighted by Gasteiger charge is 1.98. The Labute approximate surface area is 70.0 Å². The van der Waals surface area contributed by atoms with E-state index in [0.717, 1.165) is 4.90 Å². The number of rotatable bonds is 2. The van der Waals surface area contributed by atoms with Gasteiger partial charge in [-0.1, -0.05) is 0 Å². The van der Waals surface area contributed by atoms with Gasteiger partial charge in [0.05, 0.1) is 0 Å². The third kappa shape index (κ3) is 2.05. The monoisotopic (exact) mass is 167 g/mol. The fraction of sp³-hybridized carbons (Fsp3) is 0.250. The number of aromatic nitrogens is 1. The van der Waals surface area contributed by atoms with Crippen LogP contribution in [0.2, 0.25) is 0 Å². The Balaban J connectivity index is 2.91. The molecular formula is C8H9NOS. The highest BCUT2D eigenvalue weighted by molar-refractivity contribution is 7.98. The maximum atomic E-state index is 10.8. The predicted molar refractivity (Wildman–Crippen MR) is 46.0 cm³/mol. The van der Waals surface area contributed by atoms with Crippen molar-refractivity contribution in [1.29, 1.82) is 0 Å². The number of hydrogen-bond donors (Lipinski definition) is 0. The van der Waals surface area contributed by atoms with Crippen LogP contribution in [-0.2, 0) is 0 Å². The molecular weight excluding hydrogens is 158 g/mol. The molecule has 0 aliphatic carbocycles. The molecule has 0 bridgehead atoms. The van der Waals surface area contributed by atoms with Crippen LogP contribution in [0.25, 0.3) is 0 Å². The number of nitrogens with zero attached hydrogens (tertiary/aromatic N) is 1. The van der Waals surface area contributed by atoms with Crippen LogP contribution in [0.5, 0.6) is 0 Å². The average Bonchev–Trinajstić information content (AvgIpc) is 2.05. The molecule has 0 amide bonds. The van der Waals surface area contributed by atoms with Gasteiger partial charge in [-0.3, -0.25) is 9.78 Å². The summed E-state index contributed by atoms with van der Waals surface area (Å²) in [5.41, 5.74) is 0.530. The van der Waals surface area contributed by atoms with E-state index in [9.17, 15) is 4.79 Å². The molecule has 1 rings (SSSR count). The van der Waals surface area contributed by atoms with Gasteiger partial charge in [0.1, 0.15) is 5.69 Å². The number of thioether (sulfide) groups is 1. The number of carbonyl (C=O) groups is 1. The van der Waals surface area contributed by atoms with Gasteiger partial charge in [0, 0.05) is 18.0 Å². The minimum absolute atomic E-state index is 0.0117. The SMILES string of the molecule is CSc1ccc(C(C)=O)nc1. The lowest BCUT2D eigenvalue weighted by atomic mass is 10.3. The zero-order chi connectivity index (χ0) is 8.27. The molecule has 1 heterocycles. The third-order valence-corrected chi connectivity index (χ3v) is 2.05. The van der Waals surface area contributed by atoms with Crippen LogP contribution in [0.3, 0.4) is 0 Å². The Kier molecular flexibility index (Phi) is 2.65. The minimum Gasteiger partial charge on any atom is -0.293 e. The smallest absolute Gasteiger partial charge is 0.178 e. The molecule has 0 atom stereocenters. The van der Waals surface area contributed by atoms with Gasteiger partial charge in [-0.25, -0.2) is 0 Å². The largest absolute Gasteiger partial charge is 0.293 e. The molecule has 0 fully saturated rings. The van der Waals surface area contributed by atoms with Gasteiger partial charge in [-0.15, -0.1) is 11.8 Å². The van der Waals surface area contributed by atoms with Crippen LogP contribution in [-0.4, -0.2) is 17.0 Å². The average molecular weight is 167 g/mol. The van der Waals surface area contributed by atoms with Crippen molar-refractivity contribution >= 4 is 17.5 Å². The van der Waals surface area contributed by atoms with Crippen molar-refractivity contribution < 1.29 is 4.79 Å². The minimum atomic E-state index is 0.0117. The molecule has 0 aromatic carbocycles. The van der Waals surface area contributed by atoms with Gasteiger partial charge in [-0.2, -0.15) is 0 Å².